The number of anilines is 3. The first-order chi connectivity index (χ1) is 16.0. The maximum Gasteiger partial charge on any atom is 0.254 e. The zero-order valence-corrected chi connectivity index (χ0v) is 21.5. The lowest BCUT2D eigenvalue weighted by Gasteiger charge is -2.19. The fourth-order valence-electron chi connectivity index (χ4n) is 3.85. The Labute approximate surface area is 209 Å². The largest absolute Gasteiger partial charge is 0.497 e. The first kappa shape index (κ1) is 24.5. The monoisotopic (exact) mass is 601 g/mol. The average molecular weight is 601 g/mol. The summed E-state index contributed by atoms with van der Waals surface area (Å²) in [4.78, 5) is 12.5. The van der Waals surface area contributed by atoms with Gasteiger partial charge in [-0.15, -0.1) is 0 Å². The number of hydrogen-bond donors (Lipinski definition) is 2. The van der Waals surface area contributed by atoms with E-state index in [1.165, 1.54) is 49.1 Å². The number of sulfonamides is 1. The maximum atomic E-state index is 14.5. The van der Waals surface area contributed by atoms with Gasteiger partial charge in [0.1, 0.15) is 23.2 Å². The van der Waals surface area contributed by atoms with Gasteiger partial charge in [0.25, 0.3) is 5.56 Å². The molecule has 1 aliphatic rings. The van der Waals surface area contributed by atoms with Crippen LogP contribution >= 0.6 is 22.6 Å². The SMILES string of the molecule is COc1ccc(C2CC2S(=O)(=O)Nc2cc(C)c(=O)n(C)c2Nc2ccc(I)cc2F)c(F)c1. The quantitative estimate of drug-likeness (QED) is 0.386. The van der Waals surface area contributed by atoms with Gasteiger partial charge >= 0.3 is 0 Å². The molecule has 0 aliphatic heterocycles. The molecule has 1 aliphatic carbocycles. The Hall–Kier alpha value is -2.67. The van der Waals surface area contributed by atoms with Gasteiger partial charge in [0.05, 0.1) is 23.7 Å². The zero-order valence-electron chi connectivity index (χ0n) is 18.5. The molecule has 1 fully saturated rings. The predicted molar refractivity (Wildman–Crippen MR) is 135 cm³/mol. The molecule has 0 spiro atoms. The molecular weight excluding hydrogens is 579 g/mol. The highest BCUT2D eigenvalue weighted by atomic mass is 127. The molecule has 1 heterocycles. The molecule has 0 bridgehead atoms. The van der Waals surface area contributed by atoms with Gasteiger partial charge in [-0.25, -0.2) is 17.2 Å². The van der Waals surface area contributed by atoms with Crippen LogP contribution in [0, 0.1) is 22.1 Å². The third-order valence-corrected chi connectivity index (χ3v) is 8.26. The third-order valence-electron chi connectivity index (χ3n) is 5.77. The Morgan fingerprint density at radius 2 is 1.82 bits per heavy atom. The van der Waals surface area contributed by atoms with Crippen molar-refractivity contribution in [2.24, 2.45) is 7.05 Å². The lowest BCUT2D eigenvalue weighted by molar-refractivity contribution is 0.410. The minimum absolute atomic E-state index is 0.0873. The molecule has 4 rings (SSSR count). The van der Waals surface area contributed by atoms with Crippen LogP contribution in [0.3, 0.4) is 0 Å². The molecule has 0 radical (unpaired) electrons. The van der Waals surface area contributed by atoms with Crippen molar-refractivity contribution in [3.63, 3.8) is 0 Å². The molecule has 7 nitrogen and oxygen atoms in total. The number of rotatable bonds is 7. The van der Waals surface area contributed by atoms with Crippen LogP contribution in [-0.2, 0) is 17.1 Å². The fraction of sp³-hybridized carbons (Fsp3) is 0.261. The van der Waals surface area contributed by atoms with E-state index in [1.807, 2.05) is 22.6 Å². The maximum absolute atomic E-state index is 14.5. The van der Waals surface area contributed by atoms with Crippen molar-refractivity contribution < 1.29 is 21.9 Å². The summed E-state index contributed by atoms with van der Waals surface area (Å²) in [6, 6.07) is 10.2. The average Bonchev–Trinajstić information content (AvgIpc) is 3.57. The van der Waals surface area contributed by atoms with Gasteiger partial charge in [0, 0.05) is 28.2 Å². The van der Waals surface area contributed by atoms with E-state index in [4.69, 9.17) is 4.74 Å². The molecule has 11 heteroatoms. The second kappa shape index (κ2) is 9.17. The number of pyridine rings is 1. The standard InChI is InChI=1S/C23H22F2IN3O4S/c1-12-8-20(22(29(2)23(12)30)27-19-7-4-13(26)9-18(19)25)28-34(31,32)21-11-16(21)15-6-5-14(33-3)10-17(15)24/h4-10,16,21,27-28H,11H2,1-3H3. The van der Waals surface area contributed by atoms with Gasteiger partial charge in [0.2, 0.25) is 10.0 Å². The summed E-state index contributed by atoms with van der Waals surface area (Å²) in [5.74, 6) is -1.16. The first-order valence-corrected chi connectivity index (χ1v) is 12.9. The predicted octanol–water partition coefficient (Wildman–Crippen LogP) is 4.63. The van der Waals surface area contributed by atoms with Crippen LogP contribution in [0.2, 0.25) is 0 Å². The van der Waals surface area contributed by atoms with E-state index in [0.29, 0.717) is 20.4 Å². The minimum atomic E-state index is -3.95. The molecule has 34 heavy (non-hydrogen) atoms. The number of aryl methyl sites for hydroxylation is 1. The normalized spacial score (nSPS) is 17.4. The number of benzene rings is 2. The van der Waals surface area contributed by atoms with Crippen LogP contribution in [0.5, 0.6) is 5.75 Å². The highest BCUT2D eigenvalue weighted by molar-refractivity contribution is 14.1. The van der Waals surface area contributed by atoms with E-state index in [-0.39, 0.29) is 29.2 Å². The lowest BCUT2D eigenvalue weighted by Crippen LogP contribution is -2.26. The Balaban J connectivity index is 1.65. The van der Waals surface area contributed by atoms with Gasteiger partial charge in [-0.3, -0.25) is 14.1 Å². The molecule has 2 unspecified atom stereocenters. The summed E-state index contributed by atoms with van der Waals surface area (Å²) in [7, 11) is -1.06. The Morgan fingerprint density at radius 3 is 2.47 bits per heavy atom. The molecule has 2 atom stereocenters. The van der Waals surface area contributed by atoms with E-state index < -0.39 is 32.8 Å². The van der Waals surface area contributed by atoms with E-state index in [9.17, 15) is 22.0 Å². The second-order valence-electron chi connectivity index (χ2n) is 8.12. The third kappa shape index (κ3) is 4.76. The molecule has 180 valence electrons. The number of nitrogens with one attached hydrogen (secondary N) is 2. The molecular formula is C23H22F2IN3O4S. The Kier molecular flexibility index (Phi) is 6.60. The van der Waals surface area contributed by atoms with Crippen molar-refractivity contribution in [3.05, 3.63) is 79.1 Å². The Bertz CT molecular complexity index is 1440. The van der Waals surface area contributed by atoms with E-state index in [2.05, 4.69) is 10.0 Å². The molecule has 2 aromatic carbocycles. The summed E-state index contributed by atoms with van der Waals surface area (Å²) in [6.07, 6.45) is 0.248. The van der Waals surface area contributed by atoms with Crippen molar-refractivity contribution in [1.82, 2.24) is 4.57 Å². The summed E-state index contributed by atoms with van der Waals surface area (Å²) >= 11 is 1.97. The van der Waals surface area contributed by atoms with Crippen molar-refractivity contribution in [1.29, 1.82) is 0 Å². The van der Waals surface area contributed by atoms with Crippen LogP contribution in [0.15, 0.2) is 47.3 Å². The topological polar surface area (TPSA) is 89.4 Å². The summed E-state index contributed by atoms with van der Waals surface area (Å²) in [6.45, 7) is 1.56. The van der Waals surface area contributed by atoms with Crippen LogP contribution in [0.1, 0.15) is 23.5 Å². The van der Waals surface area contributed by atoms with Gasteiger partial charge < -0.3 is 10.1 Å². The van der Waals surface area contributed by atoms with Crippen LogP contribution in [-0.4, -0.2) is 25.3 Å². The number of hydrogen-bond acceptors (Lipinski definition) is 5. The summed E-state index contributed by atoms with van der Waals surface area (Å²) < 4.78 is 64.7. The zero-order chi connectivity index (χ0) is 24.8. The van der Waals surface area contributed by atoms with Gasteiger partial charge in [-0.2, -0.15) is 0 Å². The van der Waals surface area contributed by atoms with E-state index in [1.54, 1.807) is 19.1 Å². The molecule has 3 aromatic rings. The highest BCUT2D eigenvalue weighted by Gasteiger charge is 2.49. The molecule has 1 saturated carbocycles. The fourth-order valence-corrected chi connectivity index (χ4v) is 5.95. The van der Waals surface area contributed by atoms with Gasteiger partial charge in [-0.05, 0) is 71.8 Å². The number of ether oxygens (including phenoxy) is 1. The second-order valence-corrected chi connectivity index (χ2v) is 11.3. The lowest BCUT2D eigenvalue weighted by atomic mass is 10.1. The summed E-state index contributed by atoms with van der Waals surface area (Å²) in [5, 5.41) is 1.98. The Morgan fingerprint density at radius 1 is 1.09 bits per heavy atom. The van der Waals surface area contributed by atoms with Crippen LogP contribution < -0.4 is 20.3 Å². The number of methoxy groups -OCH3 is 1. The number of halogens is 3. The van der Waals surface area contributed by atoms with Crippen LogP contribution in [0.25, 0.3) is 0 Å². The van der Waals surface area contributed by atoms with E-state index in [0.717, 1.165) is 0 Å². The van der Waals surface area contributed by atoms with Gasteiger partial charge in [-0.1, -0.05) is 6.07 Å². The molecule has 0 amide bonds. The van der Waals surface area contributed by atoms with Gasteiger partial charge in [0.15, 0.2) is 0 Å². The molecule has 0 saturated heterocycles. The molecule has 2 N–H and O–H groups in total. The number of nitrogens with zero attached hydrogens (tertiary/aromatic N) is 1. The summed E-state index contributed by atoms with van der Waals surface area (Å²) in [5.41, 5.74) is 0.429. The first-order valence-electron chi connectivity index (χ1n) is 10.3. The van der Waals surface area contributed by atoms with Crippen molar-refractivity contribution in [3.8, 4) is 5.75 Å². The van der Waals surface area contributed by atoms with Crippen molar-refractivity contribution >= 4 is 49.8 Å². The van der Waals surface area contributed by atoms with E-state index >= 15 is 0 Å². The van der Waals surface area contributed by atoms with Crippen LogP contribution in [0.4, 0.5) is 26.0 Å². The van der Waals surface area contributed by atoms with Crippen molar-refractivity contribution in [2.45, 2.75) is 24.5 Å². The highest BCUT2D eigenvalue weighted by Crippen LogP contribution is 2.48. The minimum Gasteiger partial charge on any atom is -0.497 e. The van der Waals surface area contributed by atoms with Crippen molar-refractivity contribution in [2.75, 3.05) is 17.1 Å². The smallest absolute Gasteiger partial charge is 0.254 e. The number of aromatic nitrogens is 1. The molecule has 1 aromatic heterocycles.